The average molecular weight is 360 g/mol. The number of hydrogen-bond donors (Lipinski definition) is 2. The molecule has 0 spiro atoms. The van der Waals surface area contributed by atoms with Crippen molar-refractivity contribution in [3.63, 3.8) is 0 Å². The van der Waals surface area contributed by atoms with Gasteiger partial charge < -0.3 is 20.1 Å². The molecule has 6 heteroatoms. The molecule has 0 heterocycles. The normalized spacial score (nSPS) is 10.4. The van der Waals surface area contributed by atoms with Gasteiger partial charge in [-0.25, -0.2) is 4.39 Å². The Balaban J connectivity index is 1.87. The zero-order valence-corrected chi connectivity index (χ0v) is 15.2. The van der Waals surface area contributed by atoms with Crippen LogP contribution in [0.5, 0.6) is 11.5 Å². The fraction of sp³-hybridized carbons (Fsp3) is 0.350. The van der Waals surface area contributed by atoms with Crippen LogP contribution in [0.1, 0.15) is 24.5 Å². The Bertz CT molecular complexity index is 705. The van der Waals surface area contributed by atoms with E-state index < -0.39 is 0 Å². The van der Waals surface area contributed by atoms with Crippen LogP contribution in [0, 0.1) is 5.82 Å². The lowest BCUT2D eigenvalue weighted by molar-refractivity contribution is -0.120. The zero-order chi connectivity index (χ0) is 18.8. The molecular weight excluding hydrogens is 335 g/mol. The Morgan fingerprint density at radius 3 is 2.50 bits per heavy atom. The quantitative estimate of drug-likeness (QED) is 0.684. The molecule has 26 heavy (non-hydrogen) atoms. The highest BCUT2D eigenvalue weighted by molar-refractivity contribution is 5.77. The Labute approximate surface area is 153 Å². The summed E-state index contributed by atoms with van der Waals surface area (Å²) in [6.45, 7) is 3.85. The van der Waals surface area contributed by atoms with E-state index in [4.69, 9.17) is 9.47 Å². The fourth-order valence-electron chi connectivity index (χ4n) is 2.33. The van der Waals surface area contributed by atoms with Crippen molar-refractivity contribution in [1.82, 2.24) is 10.6 Å². The molecular formula is C20H25FN2O3. The number of amides is 1. The third kappa shape index (κ3) is 6.37. The topological polar surface area (TPSA) is 59.6 Å². The molecule has 0 radical (unpaired) electrons. The summed E-state index contributed by atoms with van der Waals surface area (Å²) in [6, 6.07) is 11.8. The van der Waals surface area contributed by atoms with Gasteiger partial charge in [0.25, 0.3) is 0 Å². The summed E-state index contributed by atoms with van der Waals surface area (Å²) in [5.74, 6) is 0.938. The summed E-state index contributed by atoms with van der Waals surface area (Å²) in [5, 5.41) is 5.92. The maximum absolute atomic E-state index is 12.9. The molecule has 1 amide bonds. The highest BCUT2D eigenvalue weighted by Gasteiger charge is 2.07. The van der Waals surface area contributed by atoms with E-state index in [1.807, 2.05) is 25.1 Å². The first-order chi connectivity index (χ1) is 12.6. The number of halogens is 1. The van der Waals surface area contributed by atoms with Crippen molar-refractivity contribution >= 4 is 5.91 Å². The largest absolute Gasteiger partial charge is 0.493 e. The smallest absolute Gasteiger partial charge is 0.233 e. The molecule has 5 nitrogen and oxygen atoms in total. The molecule has 0 aromatic heterocycles. The van der Waals surface area contributed by atoms with Gasteiger partial charge in [0.1, 0.15) is 12.4 Å². The van der Waals surface area contributed by atoms with Gasteiger partial charge in [0, 0.05) is 13.1 Å². The second-order valence-corrected chi connectivity index (χ2v) is 5.85. The van der Waals surface area contributed by atoms with Crippen LogP contribution in [0.4, 0.5) is 4.39 Å². The highest BCUT2D eigenvalue weighted by atomic mass is 19.1. The zero-order valence-electron chi connectivity index (χ0n) is 15.2. The van der Waals surface area contributed by atoms with Gasteiger partial charge in [-0.2, -0.15) is 0 Å². The number of rotatable bonds is 10. The first-order valence-corrected chi connectivity index (χ1v) is 8.64. The summed E-state index contributed by atoms with van der Waals surface area (Å²) in [4.78, 5) is 11.6. The minimum absolute atomic E-state index is 0.0157. The van der Waals surface area contributed by atoms with Crippen LogP contribution in [-0.2, 0) is 17.9 Å². The molecule has 0 fully saturated rings. The SMILES string of the molecule is CCCNC(=O)CNCc1ccc(OCc2ccc(F)cc2)c(OC)c1. The maximum atomic E-state index is 12.9. The Morgan fingerprint density at radius 2 is 1.81 bits per heavy atom. The van der Waals surface area contributed by atoms with E-state index in [1.165, 1.54) is 12.1 Å². The lowest BCUT2D eigenvalue weighted by Gasteiger charge is -2.13. The highest BCUT2D eigenvalue weighted by Crippen LogP contribution is 2.28. The first-order valence-electron chi connectivity index (χ1n) is 8.64. The monoisotopic (exact) mass is 360 g/mol. The molecule has 2 rings (SSSR count). The average Bonchev–Trinajstić information content (AvgIpc) is 2.66. The van der Waals surface area contributed by atoms with Crippen LogP contribution < -0.4 is 20.1 Å². The molecule has 140 valence electrons. The molecule has 0 bridgehead atoms. The van der Waals surface area contributed by atoms with Crippen molar-refractivity contribution in [3.8, 4) is 11.5 Å². The molecule has 0 aliphatic rings. The fourth-order valence-corrected chi connectivity index (χ4v) is 2.33. The van der Waals surface area contributed by atoms with Gasteiger partial charge in [-0.15, -0.1) is 0 Å². The summed E-state index contributed by atoms with van der Waals surface area (Å²) in [7, 11) is 1.58. The lowest BCUT2D eigenvalue weighted by Crippen LogP contribution is -2.33. The van der Waals surface area contributed by atoms with Crippen molar-refractivity contribution < 1.29 is 18.7 Å². The van der Waals surface area contributed by atoms with Crippen molar-refractivity contribution in [2.24, 2.45) is 0 Å². The minimum atomic E-state index is -0.272. The van der Waals surface area contributed by atoms with Crippen LogP contribution in [0.3, 0.4) is 0 Å². The van der Waals surface area contributed by atoms with Crippen molar-refractivity contribution in [3.05, 3.63) is 59.4 Å². The predicted octanol–water partition coefficient (Wildman–Crippen LogP) is 3.03. The molecule has 2 N–H and O–H groups in total. The third-order valence-electron chi connectivity index (χ3n) is 3.72. The second-order valence-electron chi connectivity index (χ2n) is 5.85. The van der Waals surface area contributed by atoms with Gasteiger partial charge in [0.2, 0.25) is 5.91 Å². The molecule has 0 saturated carbocycles. The van der Waals surface area contributed by atoms with E-state index in [2.05, 4.69) is 10.6 Å². The van der Waals surface area contributed by atoms with E-state index in [1.54, 1.807) is 19.2 Å². The number of ether oxygens (including phenoxy) is 2. The molecule has 0 aliphatic carbocycles. The number of carbonyl (C=O) groups is 1. The number of carbonyl (C=O) groups excluding carboxylic acids is 1. The molecule has 0 atom stereocenters. The summed E-state index contributed by atoms with van der Waals surface area (Å²) in [6.07, 6.45) is 0.919. The van der Waals surface area contributed by atoms with Gasteiger partial charge in [-0.05, 0) is 41.8 Å². The lowest BCUT2D eigenvalue weighted by atomic mass is 10.2. The molecule has 0 saturated heterocycles. The van der Waals surface area contributed by atoms with Crippen molar-refractivity contribution in [2.45, 2.75) is 26.5 Å². The molecule has 2 aromatic rings. The number of benzene rings is 2. The van der Waals surface area contributed by atoms with Crippen molar-refractivity contribution in [2.75, 3.05) is 20.2 Å². The number of methoxy groups -OCH3 is 1. The number of hydrogen-bond acceptors (Lipinski definition) is 4. The molecule has 0 aliphatic heterocycles. The summed E-state index contributed by atoms with van der Waals surface area (Å²) >= 11 is 0. The van der Waals surface area contributed by atoms with Crippen molar-refractivity contribution in [1.29, 1.82) is 0 Å². The van der Waals surface area contributed by atoms with Crippen LogP contribution in [0.2, 0.25) is 0 Å². The summed E-state index contributed by atoms with van der Waals surface area (Å²) < 4.78 is 24.1. The first kappa shape index (κ1) is 19.7. The standard InChI is InChI=1S/C20H25FN2O3/c1-3-10-23-20(24)13-22-12-16-6-9-18(19(11-16)25-2)26-14-15-4-7-17(21)8-5-15/h4-9,11,22H,3,10,12-14H2,1-2H3,(H,23,24). The third-order valence-corrected chi connectivity index (χ3v) is 3.72. The van der Waals surface area contributed by atoms with Gasteiger partial charge in [-0.1, -0.05) is 25.1 Å². The van der Waals surface area contributed by atoms with E-state index in [0.717, 1.165) is 17.5 Å². The molecule has 0 unspecified atom stereocenters. The van der Waals surface area contributed by atoms with E-state index in [0.29, 0.717) is 31.2 Å². The number of nitrogens with one attached hydrogen (secondary N) is 2. The van der Waals surface area contributed by atoms with Crippen LogP contribution in [0.15, 0.2) is 42.5 Å². The second kappa shape index (κ2) is 10.4. The minimum Gasteiger partial charge on any atom is -0.493 e. The van der Waals surface area contributed by atoms with Crippen LogP contribution in [0.25, 0.3) is 0 Å². The van der Waals surface area contributed by atoms with Gasteiger partial charge in [0.05, 0.1) is 13.7 Å². The van der Waals surface area contributed by atoms with Gasteiger partial charge in [-0.3, -0.25) is 4.79 Å². The van der Waals surface area contributed by atoms with Gasteiger partial charge in [0.15, 0.2) is 11.5 Å². The van der Waals surface area contributed by atoms with E-state index in [-0.39, 0.29) is 18.3 Å². The van der Waals surface area contributed by atoms with Gasteiger partial charge >= 0.3 is 0 Å². The predicted molar refractivity (Wildman–Crippen MR) is 98.7 cm³/mol. The Kier molecular flexibility index (Phi) is 7.89. The van der Waals surface area contributed by atoms with Crippen LogP contribution in [-0.4, -0.2) is 26.1 Å². The Hall–Kier alpha value is -2.60. The van der Waals surface area contributed by atoms with E-state index >= 15 is 0 Å². The maximum Gasteiger partial charge on any atom is 0.233 e. The summed E-state index contributed by atoms with van der Waals surface area (Å²) in [5.41, 5.74) is 1.86. The Morgan fingerprint density at radius 1 is 1.08 bits per heavy atom. The molecule has 2 aromatic carbocycles. The van der Waals surface area contributed by atoms with Crippen LogP contribution >= 0.6 is 0 Å². The van der Waals surface area contributed by atoms with E-state index in [9.17, 15) is 9.18 Å².